The molecule has 3 aromatic rings. The molecule has 3 rings (SSSR count). The number of amides is 1. The van der Waals surface area contributed by atoms with Crippen molar-refractivity contribution in [1.82, 2.24) is 15.0 Å². The van der Waals surface area contributed by atoms with Gasteiger partial charge in [-0.3, -0.25) is 9.10 Å². The number of anilines is 1. The molecule has 0 bridgehead atoms. The summed E-state index contributed by atoms with van der Waals surface area (Å²) in [5.41, 5.74) is 2.34. The number of carbonyl (C=O) groups is 1. The smallest absolute Gasteiger partial charge is 0.246 e. The van der Waals surface area contributed by atoms with Crippen molar-refractivity contribution in [3.63, 3.8) is 0 Å². The molecule has 0 spiro atoms. The van der Waals surface area contributed by atoms with E-state index in [1.165, 1.54) is 4.90 Å². The monoisotopic (exact) mass is 442 g/mol. The normalized spacial score (nSPS) is 12.4. The maximum Gasteiger partial charge on any atom is 0.246 e. The maximum absolute atomic E-state index is 13.2. The lowest BCUT2D eigenvalue weighted by atomic mass is 10.1. The highest BCUT2D eigenvalue weighted by molar-refractivity contribution is 7.92. The number of benzene rings is 2. The van der Waals surface area contributed by atoms with Crippen molar-refractivity contribution in [3.05, 3.63) is 66.1 Å². The van der Waals surface area contributed by atoms with E-state index in [1.807, 2.05) is 31.2 Å². The van der Waals surface area contributed by atoms with Gasteiger partial charge in [0.15, 0.2) is 0 Å². The highest BCUT2D eigenvalue weighted by Crippen LogP contribution is 2.23. The minimum Gasteiger partial charge on any atom is -0.337 e. The second kappa shape index (κ2) is 9.30. The third kappa shape index (κ3) is 5.29. The molecule has 31 heavy (non-hydrogen) atoms. The average Bonchev–Trinajstić information content (AvgIpc) is 3.19. The molecule has 1 aromatic heterocycles. The van der Waals surface area contributed by atoms with Gasteiger partial charge in [-0.05, 0) is 31.5 Å². The van der Waals surface area contributed by atoms with E-state index in [4.69, 9.17) is 4.52 Å². The number of sulfonamides is 1. The summed E-state index contributed by atoms with van der Waals surface area (Å²) in [7, 11) is -2.09. The minimum atomic E-state index is -3.68. The number of rotatable bonds is 8. The fourth-order valence-corrected chi connectivity index (χ4v) is 4.58. The zero-order valence-electron chi connectivity index (χ0n) is 18.0. The largest absolute Gasteiger partial charge is 0.337 e. The van der Waals surface area contributed by atoms with Crippen LogP contribution in [0.25, 0.3) is 11.4 Å². The highest BCUT2D eigenvalue weighted by atomic mass is 32.2. The summed E-state index contributed by atoms with van der Waals surface area (Å²) in [4.78, 5) is 19.0. The summed E-state index contributed by atoms with van der Waals surface area (Å²) in [5.74, 6) is 0.355. The maximum atomic E-state index is 13.2. The zero-order chi connectivity index (χ0) is 22.6. The van der Waals surface area contributed by atoms with E-state index in [9.17, 15) is 13.2 Å². The first-order chi connectivity index (χ1) is 14.7. The van der Waals surface area contributed by atoms with E-state index < -0.39 is 16.1 Å². The Bertz CT molecular complexity index is 1150. The first-order valence-electron chi connectivity index (χ1n) is 9.89. The molecular weight excluding hydrogens is 416 g/mol. The summed E-state index contributed by atoms with van der Waals surface area (Å²) in [5, 5.41) is 4.00. The van der Waals surface area contributed by atoms with Crippen LogP contribution in [0.2, 0.25) is 0 Å². The van der Waals surface area contributed by atoms with Crippen LogP contribution >= 0.6 is 0 Å². The lowest BCUT2D eigenvalue weighted by Gasteiger charge is -2.32. The molecule has 1 amide bonds. The summed E-state index contributed by atoms with van der Waals surface area (Å²) in [6, 6.07) is 15.4. The highest BCUT2D eigenvalue weighted by Gasteiger charge is 2.33. The van der Waals surface area contributed by atoms with Crippen molar-refractivity contribution < 1.29 is 17.7 Å². The van der Waals surface area contributed by atoms with Crippen molar-refractivity contribution in [2.45, 2.75) is 32.9 Å². The average molecular weight is 443 g/mol. The predicted molar refractivity (Wildman–Crippen MR) is 119 cm³/mol. The van der Waals surface area contributed by atoms with Gasteiger partial charge in [-0.1, -0.05) is 54.0 Å². The van der Waals surface area contributed by atoms with E-state index in [1.54, 1.807) is 44.3 Å². The van der Waals surface area contributed by atoms with Gasteiger partial charge in [-0.2, -0.15) is 4.98 Å². The SMILES string of the molecule is CCC(C(=O)N(C)Cc1nc(-c2cccc(C)c2)no1)N(c1ccccc1)S(C)(=O)=O. The Morgan fingerprint density at radius 1 is 1.13 bits per heavy atom. The van der Waals surface area contributed by atoms with Gasteiger partial charge in [-0.25, -0.2) is 8.42 Å². The minimum absolute atomic E-state index is 0.0700. The predicted octanol–water partition coefficient (Wildman–Crippen LogP) is 3.25. The lowest BCUT2D eigenvalue weighted by Crippen LogP contribution is -2.49. The Morgan fingerprint density at radius 2 is 1.84 bits per heavy atom. The number of carbonyl (C=O) groups excluding carboxylic acids is 1. The van der Waals surface area contributed by atoms with Crippen LogP contribution in [0.3, 0.4) is 0 Å². The van der Waals surface area contributed by atoms with Crippen LogP contribution in [0.1, 0.15) is 24.8 Å². The molecule has 2 aromatic carbocycles. The number of likely N-dealkylation sites (N-methyl/N-ethyl adjacent to an activating group) is 1. The van der Waals surface area contributed by atoms with Crippen molar-refractivity contribution >= 4 is 21.6 Å². The van der Waals surface area contributed by atoms with Crippen LogP contribution in [-0.4, -0.2) is 48.7 Å². The van der Waals surface area contributed by atoms with Gasteiger partial charge >= 0.3 is 0 Å². The lowest BCUT2D eigenvalue weighted by molar-refractivity contribution is -0.132. The molecule has 0 aliphatic heterocycles. The molecule has 1 atom stereocenters. The number of hydrogen-bond donors (Lipinski definition) is 0. The molecule has 0 N–H and O–H groups in total. The Kier molecular flexibility index (Phi) is 6.74. The molecule has 1 unspecified atom stereocenters. The quantitative estimate of drug-likeness (QED) is 0.531. The van der Waals surface area contributed by atoms with Gasteiger partial charge < -0.3 is 9.42 Å². The van der Waals surface area contributed by atoms with Gasteiger partial charge in [0.1, 0.15) is 6.04 Å². The molecular formula is C22H26N4O4S. The topological polar surface area (TPSA) is 96.6 Å². The van der Waals surface area contributed by atoms with E-state index in [0.29, 0.717) is 17.9 Å². The van der Waals surface area contributed by atoms with Crippen molar-refractivity contribution in [1.29, 1.82) is 0 Å². The second-order valence-electron chi connectivity index (χ2n) is 7.39. The summed E-state index contributed by atoms with van der Waals surface area (Å²) in [6.45, 7) is 3.82. The van der Waals surface area contributed by atoms with Crippen LogP contribution in [0, 0.1) is 6.92 Å². The zero-order valence-corrected chi connectivity index (χ0v) is 18.8. The van der Waals surface area contributed by atoms with Crippen LogP contribution in [0.15, 0.2) is 59.1 Å². The number of nitrogens with zero attached hydrogens (tertiary/aromatic N) is 4. The third-order valence-electron chi connectivity index (χ3n) is 4.82. The molecule has 0 fully saturated rings. The van der Waals surface area contributed by atoms with Gasteiger partial charge in [-0.15, -0.1) is 0 Å². The summed E-state index contributed by atoms with van der Waals surface area (Å²) >= 11 is 0. The first-order valence-corrected chi connectivity index (χ1v) is 11.7. The molecule has 8 nitrogen and oxygen atoms in total. The Balaban J connectivity index is 1.81. The molecule has 0 radical (unpaired) electrons. The number of hydrogen-bond acceptors (Lipinski definition) is 6. The summed E-state index contributed by atoms with van der Waals surface area (Å²) in [6.07, 6.45) is 1.41. The molecule has 0 aliphatic carbocycles. The van der Waals surface area contributed by atoms with Gasteiger partial charge in [0, 0.05) is 12.6 Å². The van der Waals surface area contributed by atoms with Crippen LogP contribution in [-0.2, 0) is 21.4 Å². The third-order valence-corrected chi connectivity index (χ3v) is 6.00. The van der Waals surface area contributed by atoms with Crippen LogP contribution in [0.4, 0.5) is 5.69 Å². The van der Waals surface area contributed by atoms with Gasteiger partial charge in [0.25, 0.3) is 0 Å². The Hall–Kier alpha value is -3.20. The van der Waals surface area contributed by atoms with Crippen LogP contribution in [0.5, 0.6) is 0 Å². The second-order valence-corrected chi connectivity index (χ2v) is 9.25. The van der Waals surface area contributed by atoms with Gasteiger partial charge in [0.2, 0.25) is 27.6 Å². The molecule has 0 aliphatic rings. The Morgan fingerprint density at radius 3 is 2.45 bits per heavy atom. The number of aromatic nitrogens is 2. The van der Waals surface area contributed by atoms with E-state index in [2.05, 4.69) is 10.1 Å². The number of para-hydroxylation sites is 1. The van der Waals surface area contributed by atoms with E-state index in [-0.39, 0.29) is 18.3 Å². The van der Waals surface area contributed by atoms with Gasteiger partial charge in [0.05, 0.1) is 18.5 Å². The van der Waals surface area contributed by atoms with E-state index in [0.717, 1.165) is 21.7 Å². The molecule has 9 heteroatoms. The molecule has 0 saturated heterocycles. The summed E-state index contributed by atoms with van der Waals surface area (Å²) < 4.78 is 31.5. The first kappa shape index (κ1) is 22.5. The van der Waals surface area contributed by atoms with E-state index >= 15 is 0 Å². The standard InChI is InChI=1S/C22H26N4O4S/c1-5-19(26(31(4,28)29)18-12-7-6-8-13-18)22(27)25(3)15-20-23-21(24-30-20)17-11-9-10-16(2)14-17/h6-14,19H,5,15H2,1-4H3. The Labute approximate surface area is 182 Å². The van der Waals surface area contributed by atoms with Crippen molar-refractivity contribution in [2.24, 2.45) is 0 Å². The van der Waals surface area contributed by atoms with Crippen molar-refractivity contribution in [2.75, 3.05) is 17.6 Å². The fraction of sp³-hybridized carbons (Fsp3) is 0.318. The molecule has 164 valence electrons. The van der Waals surface area contributed by atoms with Crippen LogP contribution < -0.4 is 4.31 Å². The molecule has 1 heterocycles. The molecule has 0 saturated carbocycles. The fourth-order valence-electron chi connectivity index (χ4n) is 3.37. The number of aryl methyl sites for hydroxylation is 1. The van der Waals surface area contributed by atoms with Crippen molar-refractivity contribution in [3.8, 4) is 11.4 Å².